The lowest BCUT2D eigenvalue weighted by Gasteiger charge is -2.08. The van der Waals surface area contributed by atoms with Crippen LogP contribution in [-0.4, -0.2) is 15.5 Å². The van der Waals surface area contributed by atoms with Gasteiger partial charge in [-0.2, -0.15) is 0 Å². The Morgan fingerprint density at radius 2 is 2.23 bits per heavy atom. The summed E-state index contributed by atoms with van der Waals surface area (Å²) in [6.07, 6.45) is 1.34. The Labute approximate surface area is 129 Å². The van der Waals surface area contributed by atoms with Crippen molar-refractivity contribution in [1.29, 1.82) is 0 Å². The Kier molecular flexibility index (Phi) is 3.72. The van der Waals surface area contributed by atoms with E-state index in [1.807, 2.05) is 0 Å². The largest absolute Gasteiger partial charge is 0.324 e. The van der Waals surface area contributed by atoms with E-state index in [2.05, 4.69) is 10.3 Å². The molecule has 0 aliphatic carbocycles. The molecule has 5 nitrogen and oxygen atoms in total. The van der Waals surface area contributed by atoms with Crippen LogP contribution in [0.3, 0.4) is 0 Å². The average molecular weight is 317 g/mol. The molecule has 2 aromatic heterocycles. The zero-order valence-electron chi connectivity index (χ0n) is 11.7. The maximum atomic E-state index is 13.4. The third-order valence-electron chi connectivity index (χ3n) is 3.21. The van der Waals surface area contributed by atoms with Crippen molar-refractivity contribution in [1.82, 2.24) is 9.55 Å². The van der Waals surface area contributed by atoms with E-state index in [0.29, 0.717) is 21.5 Å². The summed E-state index contributed by atoms with van der Waals surface area (Å²) in [6, 6.07) is 6.19. The first-order valence-electron chi connectivity index (χ1n) is 6.53. The first-order valence-corrected chi connectivity index (χ1v) is 7.41. The number of amides is 1. The van der Waals surface area contributed by atoms with Gasteiger partial charge in [0.25, 0.3) is 5.56 Å². The van der Waals surface area contributed by atoms with Gasteiger partial charge in [0.2, 0.25) is 5.91 Å². The van der Waals surface area contributed by atoms with Gasteiger partial charge in [-0.1, -0.05) is 6.07 Å². The molecule has 2 heterocycles. The van der Waals surface area contributed by atoms with E-state index in [1.54, 1.807) is 30.5 Å². The Hall–Kier alpha value is -2.54. The van der Waals surface area contributed by atoms with Crippen molar-refractivity contribution < 1.29 is 9.18 Å². The van der Waals surface area contributed by atoms with Gasteiger partial charge in [0.15, 0.2) is 0 Å². The standard InChI is InChI=1S/C15H12FN3O2S/c1-9-2-3-10(6-11(9)16)18-13(20)7-19-8-17-12-4-5-22-14(12)15(19)21/h2-6,8H,7H2,1H3,(H,18,20). The predicted molar refractivity (Wildman–Crippen MR) is 83.6 cm³/mol. The number of hydrogen-bond donors (Lipinski definition) is 1. The van der Waals surface area contributed by atoms with Gasteiger partial charge < -0.3 is 5.32 Å². The highest BCUT2D eigenvalue weighted by molar-refractivity contribution is 7.17. The summed E-state index contributed by atoms with van der Waals surface area (Å²) < 4.78 is 15.2. The number of hydrogen-bond acceptors (Lipinski definition) is 4. The molecule has 3 rings (SSSR count). The number of nitrogens with zero attached hydrogens (tertiary/aromatic N) is 2. The van der Waals surface area contributed by atoms with Crippen LogP contribution in [0.15, 0.2) is 40.8 Å². The fourth-order valence-electron chi connectivity index (χ4n) is 2.02. The molecular formula is C15H12FN3O2S. The molecule has 3 aromatic rings. The zero-order valence-corrected chi connectivity index (χ0v) is 12.5. The quantitative estimate of drug-likeness (QED) is 0.807. The van der Waals surface area contributed by atoms with Gasteiger partial charge in [-0.3, -0.25) is 14.2 Å². The SMILES string of the molecule is Cc1ccc(NC(=O)Cn2cnc3ccsc3c2=O)cc1F. The van der Waals surface area contributed by atoms with Crippen molar-refractivity contribution in [2.75, 3.05) is 5.32 Å². The molecule has 0 aliphatic rings. The van der Waals surface area contributed by atoms with Crippen molar-refractivity contribution in [2.45, 2.75) is 13.5 Å². The molecule has 1 aromatic carbocycles. The highest BCUT2D eigenvalue weighted by Gasteiger charge is 2.10. The fourth-order valence-corrected chi connectivity index (χ4v) is 2.81. The molecule has 0 saturated carbocycles. The monoisotopic (exact) mass is 317 g/mol. The Morgan fingerprint density at radius 3 is 3.00 bits per heavy atom. The molecule has 0 spiro atoms. The van der Waals surface area contributed by atoms with E-state index in [1.165, 1.54) is 28.3 Å². The minimum absolute atomic E-state index is 0.171. The molecule has 0 atom stereocenters. The normalized spacial score (nSPS) is 10.8. The number of carbonyl (C=O) groups is 1. The Balaban J connectivity index is 1.79. The molecule has 0 aliphatic heterocycles. The van der Waals surface area contributed by atoms with Crippen LogP contribution in [0.25, 0.3) is 10.2 Å². The molecular weight excluding hydrogens is 305 g/mol. The molecule has 0 bridgehead atoms. The van der Waals surface area contributed by atoms with E-state index < -0.39 is 11.7 Å². The van der Waals surface area contributed by atoms with E-state index in [0.717, 1.165) is 0 Å². The fraction of sp³-hybridized carbons (Fsp3) is 0.133. The van der Waals surface area contributed by atoms with Crippen LogP contribution in [0, 0.1) is 12.7 Å². The summed E-state index contributed by atoms with van der Waals surface area (Å²) in [5, 5.41) is 4.34. The van der Waals surface area contributed by atoms with Gasteiger partial charge in [0.1, 0.15) is 17.1 Å². The number of aromatic nitrogens is 2. The van der Waals surface area contributed by atoms with Crippen LogP contribution in [0.5, 0.6) is 0 Å². The maximum absolute atomic E-state index is 13.4. The molecule has 0 radical (unpaired) electrons. The van der Waals surface area contributed by atoms with E-state index in [-0.39, 0.29) is 12.1 Å². The van der Waals surface area contributed by atoms with Crippen LogP contribution in [-0.2, 0) is 11.3 Å². The van der Waals surface area contributed by atoms with Gasteiger partial charge in [-0.05, 0) is 36.1 Å². The summed E-state index contributed by atoms with van der Waals surface area (Å²) in [4.78, 5) is 28.3. The lowest BCUT2D eigenvalue weighted by Crippen LogP contribution is -2.27. The van der Waals surface area contributed by atoms with E-state index in [4.69, 9.17) is 0 Å². The van der Waals surface area contributed by atoms with Gasteiger partial charge >= 0.3 is 0 Å². The number of aryl methyl sites for hydroxylation is 1. The van der Waals surface area contributed by atoms with Crippen LogP contribution in [0.1, 0.15) is 5.56 Å². The molecule has 22 heavy (non-hydrogen) atoms. The number of rotatable bonds is 3. The van der Waals surface area contributed by atoms with Gasteiger partial charge in [-0.15, -0.1) is 11.3 Å². The summed E-state index contributed by atoms with van der Waals surface area (Å²) in [6.45, 7) is 1.47. The minimum Gasteiger partial charge on any atom is -0.324 e. The second-order valence-corrected chi connectivity index (χ2v) is 5.74. The topological polar surface area (TPSA) is 64.0 Å². The van der Waals surface area contributed by atoms with Crippen LogP contribution >= 0.6 is 11.3 Å². The summed E-state index contributed by atoms with van der Waals surface area (Å²) in [7, 11) is 0. The molecule has 1 N–H and O–H groups in total. The van der Waals surface area contributed by atoms with Crippen molar-refractivity contribution >= 4 is 33.1 Å². The Bertz CT molecular complexity index is 917. The lowest BCUT2D eigenvalue weighted by atomic mass is 10.2. The number of carbonyl (C=O) groups excluding carboxylic acids is 1. The second kappa shape index (κ2) is 5.69. The first kappa shape index (κ1) is 14.4. The number of anilines is 1. The number of benzene rings is 1. The molecule has 0 saturated heterocycles. The number of halogens is 1. The summed E-state index contributed by atoms with van der Waals surface area (Å²) >= 11 is 1.29. The number of fused-ring (bicyclic) bond motifs is 1. The zero-order chi connectivity index (χ0) is 15.7. The smallest absolute Gasteiger partial charge is 0.271 e. The van der Waals surface area contributed by atoms with Crippen molar-refractivity contribution in [2.24, 2.45) is 0 Å². The first-order chi connectivity index (χ1) is 10.5. The lowest BCUT2D eigenvalue weighted by molar-refractivity contribution is -0.116. The Morgan fingerprint density at radius 1 is 1.41 bits per heavy atom. The number of nitrogens with one attached hydrogen (secondary N) is 1. The average Bonchev–Trinajstić information content (AvgIpc) is 2.95. The third-order valence-corrected chi connectivity index (χ3v) is 4.10. The van der Waals surface area contributed by atoms with Gasteiger partial charge in [0, 0.05) is 5.69 Å². The van der Waals surface area contributed by atoms with Gasteiger partial charge in [0.05, 0.1) is 11.8 Å². The minimum atomic E-state index is -0.414. The van der Waals surface area contributed by atoms with Gasteiger partial charge in [-0.25, -0.2) is 9.37 Å². The molecule has 1 amide bonds. The predicted octanol–water partition coefficient (Wildman–Crippen LogP) is 2.54. The second-order valence-electron chi connectivity index (χ2n) is 4.82. The van der Waals surface area contributed by atoms with Crippen molar-refractivity contribution in [3.05, 3.63) is 57.7 Å². The number of thiophene rings is 1. The molecule has 7 heteroatoms. The molecule has 0 fully saturated rings. The molecule has 0 unspecified atom stereocenters. The van der Waals surface area contributed by atoms with Crippen LogP contribution in [0.2, 0.25) is 0 Å². The van der Waals surface area contributed by atoms with Crippen molar-refractivity contribution in [3.8, 4) is 0 Å². The van der Waals surface area contributed by atoms with Crippen molar-refractivity contribution in [3.63, 3.8) is 0 Å². The third kappa shape index (κ3) is 2.75. The summed E-state index contributed by atoms with van der Waals surface area (Å²) in [5.41, 5.74) is 1.21. The highest BCUT2D eigenvalue weighted by atomic mass is 32.1. The van der Waals surface area contributed by atoms with E-state index >= 15 is 0 Å². The van der Waals surface area contributed by atoms with Crippen LogP contribution in [0.4, 0.5) is 10.1 Å². The maximum Gasteiger partial charge on any atom is 0.271 e. The molecule has 112 valence electrons. The van der Waals surface area contributed by atoms with Crippen LogP contribution < -0.4 is 10.9 Å². The highest BCUT2D eigenvalue weighted by Crippen LogP contribution is 2.14. The van der Waals surface area contributed by atoms with E-state index in [9.17, 15) is 14.0 Å². The summed E-state index contributed by atoms with van der Waals surface area (Å²) in [5.74, 6) is -0.806.